The molecule has 1 aromatic carbocycles. The van der Waals surface area contributed by atoms with Crippen molar-refractivity contribution >= 4 is 41.7 Å². The lowest BCUT2D eigenvalue weighted by Gasteiger charge is -2.27. The van der Waals surface area contributed by atoms with Crippen molar-refractivity contribution in [2.24, 2.45) is 4.99 Å². The van der Waals surface area contributed by atoms with Gasteiger partial charge in [0.05, 0.1) is 13.2 Å². The number of hydrogen-bond donors (Lipinski definition) is 2. The molecular weight excluding hydrogens is 447 g/mol. The molecule has 1 unspecified atom stereocenters. The van der Waals surface area contributed by atoms with Crippen LogP contribution in [0.25, 0.3) is 0 Å². The summed E-state index contributed by atoms with van der Waals surface area (Å²) in [6, 6.07) is 8.47. The van der Waals surface area contributed by atoms with Gasteiger partial charge < -0.3 is 20.3 Å². The van der Waals surface area contributed by atoms with E-state index in [0.717, 1.165) is 24.8 Å². The van der Waals surface area contributed by atoms with Crippen molar-refractivity contribution in [1.29, 1.82) is 0 Å². The fraction of sp³-hybridized carbons (Fsp3) is 0.611. The maximum absolute atomic E-state index is 5.24. The highest BCUT2D eigenvalue weighted by atomic mass is 127. The number of aliphatic imine (C=N–C) groups is 1. The van der Waals surface area contributed by atoms with E-state index in [9.17, 15) is 0 Å². The molecule has 2 N–H and O–H groups in total. The van der Waals surface area contributed by atoms with E-state index >= 15 is 0 Å². The number of thioether (sulfide) groups is 1. The van der Waals surface area contributed by atoms with Crippen LogP contribution in [-0.2, 0) is 0 Å². The van der Waals surface area contributed by atoms with Crippen LogP contribution in [0.4, 0.5) is 0 Å². The summed E-state index contributed by atoms with van der Waals surface area (Å²) in [4.78, 5) is 6.53. The van der Waals surface area contributed by atoms with Crippen LogP contribution in [0, 0.1) is 0 Å². The third kappa shape index (κ3) is 8.50. The van der Waals surface area contributed by atoms with Crippen LogP contribution in [0.1, 0.15) is 25.5 Å². The monoisotopic (exact) mass is 480 g/mol. The van der Waals surface area contributed by atoms with Crippen molar-refractivity contribution in [2.45, 2.75) is 24.6 Å². The molecule has 0 saturated carbocycles. The molecule has 144 valence electrons. The van der Waals surface area contributed by atoms with Gasteiger partial charge in [-0.3, -0.25) is 4.99 Å². The van der Waals surface area contributed by atoms with E-state index in [1.807, 2.05) is 23.9 Å². The number of halogens is 1. The predicted octanol–water partition coefficient (Wildman–Crippen LogP) is 3.22. The Kier molecular flexibility index (Phi) is 11.5. The van der Waals surface area contributed by atoms with Crippen LogP contribution in [0.15, 0.2) is 29.3 Å². The number of nitrogens with zero attached hydrogens (tertiary/aromatic N) is 2. The largest absolute Gasteiger partial charge is 0.497 e. The zero-order chi connectivity index (χ0) is 18.2. The smallest absolute Gasteiger partial charge is 0.191 e. The van der Waals surface area contributed by atoms with Crippen molar-refractivity contribution in [2.75, 3.05) is 47.6 Å². The summed E-state index contributed by atoms with van der Waals surface area (Å²) >= 11 is 1.84. The average Bonchev–Trinajstić information content (AvgIpc) is 2.58. The quantitative estimate of drug-likeness (QED) is 0.340. The Hall–Kier alpha value is -0.670. The molecule has 0 radical (unpaired) electrons. The highest BCUT2D eigenvalue weighted by Gasteiger charge is 2.18. The first-order valence-corrected chi connectivity index (χ1v) is 9.35. The summed E-state index contributed by atoms with van der Waals surface area (Å²) in [5.74, 6) is 1.71. The zero-order valence-corrected chi connectivity index (χ0v) is 19.6. The molecule has 1 aromatic rings. The number of rotatable bonds is 8. The van der Waals surface area contributed by atoms with Crippen molar-refractivity contribution in [1.82, 2.24) is 15.5 Å². The first kappa shape index (κ1) is 24.3. The first-order valence-electron chi connectivity index (χ1n) is 8.13. The Morgan fingerprint density at radius 1 is 1.24 bits per heavy atom. The van der Waals surface area contributed by atoms with Crippen molar-refractivity contribution in [3.63, 3.8) is 0 Å². The summed E-state index contributed by atoms with van der Waals surface area (Å²) in [5, 5.41) is 6.84. The molecule has 25 heavy (non-hydrogen) atoms. The Morgan fingerprint density at radius 2 is 1.84 bits per heavy atom. The lowest BCUT2D eigenvalue weighted by Crippen LogP contribution is -2.45. The molecule has 0 aliphatic heterocycles. The summed E-state index contributed by atoms with van der Waals surface area (Å²) in [6.45, 7) is 6.08. The van der Waals surface area contributed by atoms with Gasteiger partial charge in [-0.05, 0) is 51.9 Å². The van der Waals surface area contributed by atoms with Crippen LogP contribution in [0.2, 0.25) is 0 Å². The van der Waals surface area contributed by atoms with Crippen molar-refractivity contribution in [3.8, 4) is 5.75 Å². The highest BCUT2D eigenvalue weighted by Crippen LogP contribution is 2.21. The number of benzene rings is 1. The van der Waals surface area contributed by atoms with E-state index in [-0.39, 0.29) is 34.8 Å². The minimum absolute atomic E-state index is 0. The van der Waals surface area contributed by atoms with E-state index in [4.69, 9.17) is 4.74 Å². The predicted molar refractivity (Wildman–Crippen MR) is 122 cm³/mol. The molecule has 0 amide bonds. The van der Waals surface area contributed by atoms with Gasteiger partial charge >= 0.3 is 0 Å². The molecule has 0 aliphatic rings. The van der Waals surface area contributed by atoms with E-state index < -0.39 is 0 Å². The summed E-state index contributed by atoms with van der Waals surface area (Å²) in [6.07, 6.45) is 2.13. The molecule has 7 heteroatoms. The fourth-order valence-corrected chi connectivity index (χ4v) is 2.42. The second kappa shape index (κ2) is 11.9. The van der Waals surface area contributed by atoms with Gasteiger partial charge in [0.15, 0.2) is 5.96 Å². The van der Waals surface area contributed by atoms with Gasteiger partial charge in [0.2, 0.25) is 0 Å². The molecule has 0 fully saturated rings. The van der Waals surface area contributed by atoms with Gasteiger partial charge in [-0.1, -0.05) is 12.1 Å². The van der Waals surface area contributed by atoms with Crippen molar-refractivity contribution < 1.29 is 4.74 Å². The molecule has 1 atom stereocenters. The van der Waals surface area contributed by atoms with Gasteiger partial charge in [0.25, 0.3) is 0 Å². The Bertz CT molecular complexity index is 520. The number of methoxy groups -OCH3 is 1. The van der Waals surface area contributed by atoms with Gasteiger partial charge in [-0.25, -0.2) is 0 Å². The Labute approximate surface area is 174 Å². The molecule has 0 spiro atoms. The molecular formula is C18H33IN4OS. The minimum atomic E-state index is 0. The van der Waals surface area contributed by atoms with E-state index in [0.29, 0.717) is 0 Å². The summed E-state index contributed by atoms with van der Waals surface area (Å²) in [5.41, 5.74) is 1.24. The van der Waals surface area contributed by atoms with Crippen molar-refractivity contribution in [3.05, 3.63) is 29.8 Å². The topological polar surface area (TPSA) is 48.9 Å². The Balaban J connectivity index is 0.00000576. The maximum atomic E-state index is 5.24. The second-order valence-electron chi connectivity index (χ2n) is 6.52. The van der Waals surface area contributed by atoms with Crippen LogP contribution in [0.5, 0.6) is 5.75 Å². The highest BCUT2D eigenvalue weighted by molar-refractivity contribution is 14.0. The van der Waals surface area contributed by atoms with E-state index in [1.54, 1.807) is 14.2 Å². The summed E-state index contributed by atoms with van der Waals surface area (Å²) in [7, 11) is 7.67. The van der Waals surface area contributed by atoms with Gasteiger partial charge in [0.1, 0.15) is 5.75 Å². The lowest BCUT2D eigenvalue weighted by atomic mass is 10.1. The Morgan fingerprint density at radius 3 is 2.28 bits per heavy atom. The molecule has 0 heterocycles. The van der Waals surface area contributed by atoms with E-state index in [2.05, 4.69) is 66.9 Å². The third-order valence-corrected chi connectivity index (χ3v) is 5.29. The van der Waals surface area contributed by atoms with Crippen LogP contribution >= 0.6 is 35.7 Å². The maximum Gasteiger partial charge on any atom is 0.191 e. The van der Waals surface area contributed by atoms with Crippen LogP contribution in [0.3, 0.4) is 0 Å². The molecule has 1 rings (SSSR count). The number of hydrogen-bond acceptors (Lipinski definition) is 4. The van der Waals surface area contributed by atoms with Crippen LogP contribution < -0.4 is 15.4 Å². The fourth-order valence-electron chi connectivity index (χ4n) is 2.21. The van der Waals surface area contributed by atoms with Gasteiger partial charge in [0, 0.05) is 24.9 Å². The molecule has 5 nitrogen and oxygen atoms in total. The standard InChI is InChI=1S/C18H32N4OS.HI/c1-18(2,24-7)13-21-17(19-3)20-12-16(22(4)5)14-8-10-15(23-6)11-9-14;/h8-11,16H,12-13H2,1-7H3,(H2,19,20,21);1H. The average molecular weight is 480 g/mol. The minimum Gasteiger partial charge on any atom is -0.497 e. The summed E-state index contributed by atoms with van der Waals surface area (Å²) < 4.78 is 5.41. The van der Waals surface area contributed by atoms with Gasteiger partial charge in [-0.15, -0.1) is 24.0 Å². The second-order valence-corrected chi connectivity index (χ2v) is 8.04. The number of ether oxygens (including phenoxy) is 1. The van der Waals surface area contributed by atoms with Crippen LogP contribution in [-0.4, -0.2) is 63.2 Å². The zero-order valence-electron chi connectivity index (χ0n) is 16.4. The first-order chi connectivity index (χ1) is 11.3. The SMILES string of the molecule is CN=C(NCC(c1ccc(OC)cc1)N(C)C)NCC(C)(C)SC.I. The normalized spacial score (nSPS) is 13.2. The van der Waals surface area contributed by atoms with Gasteiger partial charge in [-0.2, -0.15) is 11.8 Å². The third-order valence-electron chi connectivity index (χ3n) is 4.04. The number of nitrogens with one attached hydrogen (secondary N) is 2. The molecule has 0 saturated heterocycles. The molecule has 0 aliphatic carbocycles. The van der Waals surface area contributed by atoms with E-state index in [1.165, 1.54) is 5.56 Å². The number of guanidine groups is 1. The molecule has 0 bridgehead atoms. The number of likely N-dealkylation sites (N-methyl/N-ethyl adjacent to an activating group) is 1. The molecule has 0 aromatic heterocycles. The lowest BCUT2D eigenvalue weighted by molar-refractivity contribution is 0.298.